The predicted octanol–water partition coefficient (Wildman–Crippen LogP) is -3.26. The lowest BCUT2D eigenvalue weighted by molar-refractivity contribution is -0.206. The van der Waals surface area contributed by atoms with Crippen molar-refractivity contribution >= 4 is 40.6 Å². The molecule has 8 heterocycles. The number of cyclic esters (lactones) is 4. The summed E-state index contributed by atoms with van der Waals surface area (Å²) in [5.41, 5.74) is -0.314. The van der Waals surface area contributed by atoms with Crippen LogP contribution in [0.1, 0.15) is 31.9 Å². The second-order valence-electron chi connectivity index (χ2n) is 15.4. The molecule has 410 valence electrons. The maximum atomic E-state index is 10.8. The van der Waals surface area contributed by atoms with Gasteiger partial charge in [-0.15, -0.1) is 0 Å². The van der Waals surface area contributed by atoms with Crippen molar-refractivity contribution in [2.24, 2.45) is 0 Å². The number of aliphatic hydroxyl groups excluding tert-OH is 11. The average Bonchev–Trinajstić information content (AvgIpc) is 4.01. The molecule has 0 bridgehead atoms. The molecule has 2 saturated heterocycles. The summed E-state index contributed by atoms with van der Waals surface area (Å²) in [4.78, 5) is 72.7. The molecule has 2 aromatic heterocycles. The summed E-state index contributed by atoms with van der Waals surface area (Å²) in [6.07, 6.45) is -0.876. The van der Waals surface area contributed by atoms with E-state index in [1.54, 1.807) is 44.2 Å². The van der Waals surface area contributed by atoms with Crippen LogP contribution in [0.25, 0.3) is 11.0 Å². The Morgan fingerprint density at radius 1 is 0.716 bits per heavy atom. The van der Waals surface area contributed by atoms with Crippen molar-refractivity contribution in [2.45, 2.75) is 100 Å². The van der Waals surface area contributed by atoms with Gasteiger partial charge < -0.3 is 98.6 Å². The number of benzene rings is 1. The van der Waals surface area contributed by atoms with Gasteiger partial charge in [0.2, 0.25) is 6.29 Å². The number of hydrogen-bond donors (Lipinski definition) is 13. The van der Waals surface area contributed by atoms with Gasteiger partial charge in [-0.05, 0) is 38.1 Å². The fourth-order valence-electron chi connectivity index (χ4n) is 5.72. The largest absolute Gasteiger partial charge is 0.512 e. The molecule has 13 N–H and O–H groups in total. The van der Waals surface area contributed by atoms with E-state index in [4.69, 9.17) is 65.3 Å². The summed E-state index contributed by atoms with van der Waals surface area (Å²) in [5.74, 6) is -1.80. The standard InChI is InChI=1S/C9H6O3.C6H10O6.C6H10O5.C6H10O4.C6H8O3.C5H6O2.C4H5NO2.C4H4O2/c10-7-5-9(11)12-8-4-2-1-3-6(7)8;7-1-2-3(8)4(9)5(10)6(11)12-2;7-2-5-3(8)1-4(9)6(10)11-5;7-3-5-6(9)4(8)1-2-10-5;1-4-2-5(7)3-6(8)9-4;6-5-3-1-2-4-7-5;1-3-2-4(6)5-7-3;5-4-2-1-3-6-4/h1-5,10H;2-5,7-10H,1H2;3,5-8,10H,1-2H2;1-2,4-9H,3H2;3-4,7H,2H2,1H3;1,3H,2,4H2;2H,1H3,(H,5,6);1-2H,3H2. The molecule has 9 rings (SSSR count). The van der Waals surface area contributed by atoms with Gasteiger partial charge in [-0.25, -0.2) is 24.0 Å². The Kier molecular flexibility index (Phi) is 28.0. The van der Waals surface area contributed by atoms with Crippen molar-refractivity contribution in [3.05, 3.63) is 111 Å². The molecule has 0 saturated carbocycles. The molecule has 74 heavy (non-hydrogen) atoms. The highest BCUT2D eigenvalue weighted by Crippen LogP contribution is 2.21. The number of aryl methyl sites for hydroxylation is 1. The first-order valence-electron chi connectivity index (χ1n) is 21.9. The first-order chi connectivity index (χ1) is 35.0. The first-order valence-corrected chi connectivity index (χ1v) is 21.9. The number of ketones is 1. The Hall–Kier alpha value is -7.09. The summed E-state index contributed by atoms with van der Waals surface area (Å²) in [5, 5.41) is 109. The maximum Gasteiger partial charge on any atom is 0.339 e. The van der Waals surface area contributed by atoms with E-state index in [9.17, 15) is 38.7 Å². The van der Waals surface area contributed by atoms with E-state index < -0.39 is 97.8 Å². The lowest BCUT2D eigenvalue weighted by atomic mass is 10.0. The molecule has 11 atom stereocenters. The van der Waals surface area contributed by atoms with E-state index >= 15 is 0 Å². The van der Waals surface area contributed by atoms with Gasteiger partial charge in [-0.3, -0.25) is 9.59 Å². The number of Topliss-reactive ketones (excluding diaryl/α,β-unsaturated/α-hetero) is 1. The molecule has 1 aromatic carbocycles. The quantitative estimate of drug-likeness (QED) is 0.0696. The highest BCUT2D eigenvalue weighted by Gasteiger charge is 2.43. The Morgan fingerprint density at radius 2 is 1.36 bits per heavy atom. The lowest BCUT2D eigenvalue weighted by Crippen LogP contribution is -2.56. The van der Waals surface area contributed by atoms with Crippen molar-refractivity contribution in [1.82, 2.24) is 5.16 Å². The SMILES string of the molecule is CC1CC(O)=CC(=O)O1.Cc1cc(=O)[nH]o1.O=C1C=CCCO1.O=C1C=CCO1.O=C1CC(O)C(CO)OC1O.O=C1OC(CO)C(O)C(O)C1O.O=c1cc(O)c2ccccc2o1.OCC1OC=CC(O)C1O. The van der Waals surface area contributed by atoms with Crippen LogP contribution in [0.15, 0.2) is 103 Å². The number of esters is 4. The number of fused-ring (bicyclic) bond motifs is 1. The van der Waals surface area contributed by atoms with E-state index in [-0.39, 0.29) is 48.1 Å². The van der Waals surface area contributed by atoms with Gasteiger partial charge in [0.05, 0.1) is 56.3 Å². The summed E-state index contributed by atoms with van der Waals surface area (Å²) >= 11 is 0. The molecule has 28 nitrogen and oxygen atoms in total. The van der Waals surface area contributed by atoms with E-state index in [2.05, 4.69) is 33.4 Å². The topological polar surface area (TPSA) is 460 Å². The number of aromatic nitrogens is 1. The van der Waals surface area contributed by atoms with Crippen molar-refractivity contribution in [1.29, 1.82) is 0 Å². The molecule has 28 heteroatoms. The van der Waals surface area contributed by atoms with Crippen molar-refractivity contribution in [2.75, 3.05) is 33.0 Å². The molecule has 2 fully saturated rings. The first kappa shape index (κ1) is 63.0. The minimum atomic E-state index is -1.73. The number of para-hydroxylation sites is 1. The molecule has 11 unspecified atom stereocenters. The van der Waals surface area contributed by atoms with Gasteiger partial charge in [0.1, 0.15) is 72.2 Å². The van der Waals surface area contributed by atoms with Gasteiger partial charge in [0, 0.05) is 37.5 Å². The lowest BCUT2D eigenvalue weighted by Gasteiger charge is -2.32. The maximum absolute atomic E-state index is 10.8. The molecule has 6 aliphatic rings. The average molecular weight is 1060 g/mol. The zero-order chi connectivity index (χ0) is 55.5. The van der Waals surface area contributed by atoms with Crippen LogP contribution in [0, 0.1) is 6.92 Å². The van der Waals surface area contributed by atoms with Crippen molar-refractivity contribution < 1.29 is 123 Å². The van der Waals surface area contributed by atoms with Gasteiger partial charge in [0.25, 0.3) is 5.56 Å². The van der Waals surface area contributed by atoms with Crippen LogP contribution < -0.4 is 11.2 Å². The van der Waals surface area contributed by atoms with E-state index in [0.717, 1.165) is 18.6 Å². The Morgan fingerprint density at radius 3 is 1.84 bits per heavy atom. The van der Waals surface area contributed by atoms with E-state index in [0.29, 0.717) is 36.4 Å². The third-order valence-corrected chi connectivity index (χ3v) is 9.51. The van der Waals surface area contributed by atoms with Crippen molar-refractivity contribution in [3.8, 4) is 5.75 Å². The number of aromatic amines is 1. The Balaban J connectivity index is 0.000000292. The van der Waals surface area contributed by atoms with Crippen LogP contribution in [0.2, 0.25) is 0 Å². The van der Waals surface area contributed by atoms with Gasteiger partial charge in [0.15, 0.2) is 18.0 Å². The third kappa shape index (κ3) is 22.8. The predicted molar refractivity (Wildman–Crippen MR) is 246 cm³/mol. The van der Waals surface area contributed by atoms with E-state index in [1.807, 2.05) is 6.08 Å². The van der Waals surface area contributed by atoms with Gasteiger partial charge in [-0.2, -0.15) is 5.16 Å². The minimum Gasteiger partial charge on any atom is -0.512 e. The zero-order valence-electron chi connectivity index (χ0n) is 39.5. The molecular formula is C46H59NO27. The summed E-state index contributed by atoms with van der Waals surface area (Å²) in [7, 11) is 0. The molecule has 0 amide bonds. The zero-order valence-corrected chi connectivity index (χ0v) is 39.5. The number of H-pyrrole nitrogens is 1. The minimum absolute atomic E-state index is 0.0400. The van der Waals surface area contributed by atoms with Gasteiger partial charge in [-0.1, -0.05) is 18.2 Å². The molecule has 0 radical (unpaired) electrons. The molecule has 6 aliphatic heterocycles. The second kappa shape index (κ2) is 32.9. The number of nitrogens with one attached hydrogen (secondary N) is 1. The Labute approximate surface area is 418 Å². The monoisotopic (exact) mass is 1060 g/mol. The second-order valence-corrected chi connectivity index (χ2v) is 15.4. The van der Waals surface area contributed by atoms with Crippen LogP contribution in [0.3, 0.4) is 0 Å². The molecular weight excluding hydrogens is 998 g/mol. The molecule has 3 aromatic rings. The summed E-state index contributed by atoms with van der Waals surface area (Å²) < 4.78 is 36.7. The fourth-order valence-corrected chi connectivity index (χ4v) is 5.72. The van der Waals surface area contributed by atoms with E-state index in [1.165, 1.54) is 30.6 Å². The summed E-state index contributed by atoms with van der Waals surface area (Å²) in [6, 6.07) is 9.28. The normalized spacial score (nSPS) is 27.2. The fraction of sp³-hybridized carbons (Fsp3) is 0.457. The van der Waals surface area contributed by atoms with Crippen molar-refractivity contribution in [3.63, 3.8) is 0 Å². The number of ether oxygens (including phenoxy) is 6. The smallest absolute Gasteiger partial charge is 0.339 e. The molecule has 0 aliphatic carbocycles. The highest BCUT2D eigenvalue weighted by atomic mass is 16.6. The number of carbonyl (C=O) groups excluding carboxylic acids is 5. The number of rotatable bonds is 3. The number of carbonyl (C=O) groups is 5. The van der Waals surface area contributed by atoms with Crippen LogP contribution in [0.4, 0.5) is 0 Å². The summed E-state index contributed by atoms with van der Waals surface area (Å²) in [6.45, 7) is 3.18. The van der Waals surface area contributed by atoms with Crippen LogP contribution >= 0.6 is 0 Å². The Bertz CT molecular complexity index is 2470. The van der Waals surface area contributed by atoms with Gasteiger partial charge >= 0.3 is 29.5 Å². The third-order valence-electron chi connectivity index (χ3n) is 9.51. The number of aliphatic hydroxyl groups is 11. The number of hydrogen-bond acceptors (Lipinski definition) is 27. The highest BCUT2D eigenvalue weighted by molar-refractivity contribution is 5.84. The number of aromatic hydroxyl groups is 1. The van der Waals surface area contributed by atoms with Crippen LogP contribution in [-0.2, 0) is 52.4 Å². The molecule has 0 spiro atoms. The van der Waals surface area contributed by atoms with Crippen LogP contribution in [0.5, 0.6) is 5.75 Å². The van der Waals surface area contributed by atoms with Crippen LogP contribution in [-0.4, -0.2) is 196 Å².